The first kappa shape index (κ1) is 23.0. The summed E-state index contributed by atoms with van der Waals surface area (Å²) in [5.41, 5.74) is 1.73. The van der Waals surface area contributed by atoms with Gasteiger partial charge in [0.2, 0.25) is 0 Å². The maximum absolute atomic E-state index is 15.0. The predicted molar refractivity (Wildman–Crippen MR) is 121 cm³/mol. The van der Waals surface area contributed by atoms with E-state index in [1.807, 2.05) is 0 Å². The first-order chi connectivity index (χ1) is 15.5. The van der Waals surface area contributed by atoms with E-state index >= 15 is 4.39 Å². The van der Waals surface area contributed by atoms with Crippen LogP contribution < -0.4 is 9.47 Å². The van der Waals surface area contributed by atoms with Gasteiger partial charge in [-0.15, -0.1) is 0 Å². The van der Waals surface area contributed by atoms with Gasteiger partial charge in [0.15, 0.2) is 21.4 Å². The molecule has 3 aromatic heterocycles. The predicted octanol–water partition coefficient (Wildman–Crippen LogP) is 3.07. The Kier molecular flexibility index (Phi) is 5.57. The lowest BCUT2D eigenvalue weighted by Gasteiger charge is -2.21. The fourth-order valence-electron chi connectivity index (χ4n) is 3.75. The molecule has 1 N–H and O–H groups in total. The molecule has 0 aliphatic carbocycles. The molecule has 33 heavy (non-hydrogen) atoms. The number of halogens is 1. The fraction of sp³-hybridized carbons (Fsp3) is 0.364. The molecule has 0 bridgehead atoms. The maximum Gasteiger partial charge on any atom is 0.188 e. The molecule has 0 aliphatic heterocycles. The lowest BCUT2D eigenvalue weighted by Crippen LogP contribution is -2.28. The number of aromatic nitrogens is 4. The highest BCUT2D eigenvalue weighted by molar-refractivity contribution is 7.92. The molecular weight excluding hydrogens is 451 g/mol. The van der Waals surface area contributed by atoms with Crippen LogP contribution in [0.4, 0.5) is 4.39 Å². The minimum Gasteiger partial charge on any atom is -0.495 e. The number of hydrogen-bond donors (Lipinski definition) is 1. The standard InChI is InChI=1S/C22H25FN4O5S/c1-22(2,3)33(29,30)18-12-26-16(11-24-19(26)9-17(18)31-4)13-8-15(23)21(32-5)20-14(13)10-25-27(20)6-7-28/h8-12,28H,6-7H2,1-5H3. The van der Waals surface area contributed by atoms with E-state index in [0.29, 0.717) is 27.8 Å². The van der Waals surface area contributed by atoms with Crippen molar-refractivity contribution in [3.05, 3.63) is 36.5 Å². The monoisotopic (exact) mass is 476 g/mol. The molecule has 0 fully saturated rings. The Labute approximate surface area is 190 Å². The third-order valence-electron chi connectivity index (χ3n) is 5.52. The fourth-order valence-corrected chi connectivity index (χ4v) is 5.06. The van der Waals surface area contributed by atoms with Crippen molar-refractivity contribution >= 4 is 26.4 Å². The Morgan fingerprint density at radius 3 is 2.48 bits per heavy atom. The number of rotatable bonds is 6. The van der Waals surface area contributed by atoms with Crippen LogP contribution in [0.2, 0.25) is 0 Å². The minimum atomic E-state index is -3.76. The Bertz CT molecular complexity index is 1470. The smallest absolute Gasteiger partial charge is 0.188 e. The Morgan fingerprint density at radius 2 is 1.88 bits per heavy atom. The van der Waals surface area contributed by atoms with Crippen molar-refractivity contribution in [1.29, 1.82) is 0 Å². The van der Waals surface area contributed by atoms with Crippen molar-refractivity contribution in [2.24, 2.45) is 0 Å². The van der Waals surface area contributed by atoms with Gasteiger partial charge in [0.05, 0.1) is 50.2 Å². The molecule has 0 aliphatic rings. The van der Waals surface area contributed by atoms with Crippen molar-refractivity contribution in [3.63, 3.8) is 0 Å². The third-order valence-corrected chi connectivity index (χ3v) is 8.01. The van der Waals surface area contributed by atoms with E-state index in [-0.39, 0.29) is 29.5 Å². The molecule has 4 rings (SSSR count). The van der Waals surface area contributed by atoms with Gasteiger partial charge in [-0.25, -0.2) is 17.8 Å². The summed E-state index contributed by atoms with van der Waals surface area (Å²) in [6, 6.07) is 2.84. The molecule has 0 unspecified atom stereocenters. The van der Waals surface area contributed by atoms with Crippen LogP contribution in [0.15, 0.2) is 35.6 Å². The number of ether oxygens (including phenoxy) is 2. The van der Waals surface area contributed by atoms with E-state index in [4.69, 9.17) is 9.47 Å². The SMILES string of the molecule is COc1cc2ncc(-c3cc(F)c(OC)c4c3cnn4CCO)n2cc1S(=O)(=O)C(C)(C)C. The van der Waals surface area contributed by atoms with Crippen LogP contribution in [0.25, 0.3) is 27.8 Å². The largest absolute Gasteiger partial charge is 0.495 e. The zero-order chi connectivity index (χ0) is 24.1. The first-order valence-corrected chi connectivity index (χ1v) is 11.7. The van der Waals surface area contributed by atoms with Crippen molar-refractivity contribution in [1.82, 2.24) is 19.2 Å². The summed E-state index contributed by atoms with van der Waals surface area (Å²) in [6.45, 7) is 4.80. The highest BCUT2D eigenvalue weighted by atomic mass is 32.2. The molecule has 11 heteroatoms. The molecule has 3 heterocycles. The van der Waals surface area contributed by atoms with Crippen LogP contribution in [-0.4, -0.2) is 58.3 Å². The van der Waals surface area contributed by atoms with Crippen molar-refractivity contribution in [2.45, 2.75) is 37.0 Å². The average Bonchev–Trinajstić information content (AvgIpc) is 3.36. The molecule has 176 valence electrons. The molecule has 0 atom stereocenters. The van der Waals surface area contributed by atoms with E-state index in [1.165, 1.54) is 43.4 Å². The number of sulfone groups is 1. The number of pyridine rings is 1. The number of methoxy groups -OCH3 is 2. The lowest BCUT2D eigenvalue weighted by atomic mass is 10.1. The average molecular weight is 477 g/mol. The number of hydrogen-bond acceptors (Lipinski definition) is 7. The minimum absolute atomic E-state index is 0.00505. The van der Waals surface area contributed by atoms with Gasteiger partial charge in [0, 0.05) is 23.2 Å². The van der Waals surface area contributed by atoms with Crippen LogP contribution >= 0.6 is 0 Å². The number of nitrogens with zero attached hydrogens (tertiary/aromatic N) is 4. The molecule has 0 amide bonds. The lowest BCUT2D eigenvalue weighted by molar-refractivity contribution is 0.271. The van der Waals surface area contributed by atoms with Crippen LogP contribution in [-0.2, 0) is 16.4 Å². The number of fused-ring (bicyclic) bond motifs is 2. The number of imidazole rings is 1. The topological polar surface area (TPSA) is 108 Å². The molecule has 0 spiro atoms. The van der Waals surface area contributed by atoms with Gasteiger partial charge in [0.1, 0.15) is 21.8 Å². The Balaban J connectivity index is 2.05. The number of aliphatic hydroxyl groups excluding tert-OH is 1. The van der Waals surface area contributed by atoms with Gasteiger partial charge < -0.3 is 14.6 Å². The summed E-state index contributed by atoms with van der Waals surface area (Å²) in [5, 5.41) is 14.2. The highest BCUT2D eigenvalue weighted by Crippen LogP contribution is 2.39. The molecule has 1 aromatic carbocycles. The number of aliphatic hydroxyl groups is 1. The second kappa shape index (κ2) is 7.99. The van der Waals surface area contributed by atoms with E-state index in [9.17, 15) is 13.5 Å². The van der Waals surface area contributed by atoms with Gasteiger partial charge >= 0.3 is 0 Å². The summed E-state index contributed by atoms with van der Waals surface area (Å²) in [4.78, 5) is 4.38. The summed E-state index contributed by atoms with van der Waals surface area (Å²) < 4.78 is 54.1. The quantitative estimate of drug-likeness (QED) is 0.456. The van der Waals surface area contributed by atoms with E-state index in [0.717, 1.165) is 0 Å². The molecule has 0 saturated heterocycles. The van der Waals surface area contributed by atoms with Crippen molar-refractivity contribution < 1.29 is 27.4 Å². The van der Waals surface area contributed by atoms with Gasteiger partial charge in [0.25, 0.3) is 0 Å². The van der Waals surface area contributed by atoms with E-state index in [1.54, 1.807) is 31.4 Å². The van der Waals surface area contributed by atoms with Crippen LogP contribution in [0.5, 0.6) is 11.5 Å². The summed E-state index contributed by atoms with van der Waals surface area (Å²) in [6.07, 6.45) is 4.54. The second-order valence-electron chi connectivity index (χ2n) is 8.49. The Hall–Kier alpha value is -3.18. The van der Waals surface area contributed by atoms with Crippen molar-refractivity contribution in [3.8, 4) is 22.8 Å². The van der Waals surface area contributed by atoms with Gasteiger partial charge in [-0.1, -0.05) is 0 Å². The van der Waals surface area contributed by atoms with Crippen molar-refractivity contribution in [2.75, 3.05) is 20.8 Å². The van der Waals surface area contributed by atoms with Crippen LogP contribution in [0, 0.1) is 5.82 Å². The van der Waals surface area contributed by atoms with Crippen LogP contribution in [0.1, 0.15) is 20.8 Å². The van der Waals surface area contributed by atoms with E-state index < -0.39 is 20.4 Å². The molecular formula is C22H25FN4O5S. The molecule has 0 radical (unpaired) electrons. The van der Waals surface area contributed by atoms with Gasteiger partial charge in [-0.05, 0) is 26.8 Å². The van der Waals surface area contributed by atoms with E-state index in [2.05, 4.69) is 10.1 Å². The zero-order valence-electron chi connectivity index (χ0n) is 19.0. The van der Waals surface area contributed by atoms with Gasteiger partial charge in [-0.2, -0.15) is 5.10 Å². The van der Waals surface area contributed by atoms with Gasteiger partial charge in [-0.3, -0.25) is 9.08 Å². The maximum atomic E-state index is 15.0. The molecule has 0 saturated carbocycles. The molecule has 9 nitrogen and oxygen atoms in total. The summed E-state index contributed by atoms with van der Waals surface area (Å²) >= 11 is 0. The highest BCUT2D eigenvalue weighted by Gasteiger charge is 2.34. The first-order valence-electron chi connectivity index (χ1n) is 10.2. The van der Waals surface area contributed by atoms with Crippen LogP contribution in [0.3, 0.4) is 0 Å². The normalized spacial score (nSPS) is 12.6. The Morgan fingerprint density at radius 1 is 1.15 bits per heavy atom. The summed E-state index contributed by atoms with van der Waals surface area (Å²) in [7, 11) is -1.01. The molecule has 4 aromatic rings. The number of benzene rings is 1. The zero-order valence-corrected chi connectivity index (χ0v) is 19.8. The summed E-state index contributed by atoms with van der Waals surface area (Å²) in [5.74, 6) is -0.437. The second-order valence-corrected chi connectivity index (χ2v) is 11.2. The third kappa shape index (κ3) is 3.51.